The van der Waals surface area contributed by atoms with Crippen molar-refractivity contribution < 1.29 is 97.2 Å². The average molecular weight is 564 g/mol. The second kappa shape index (κ2) is 39.2. The third-order valence-electron chi connectivity index (χ3n) is 0. The maximum Gasteiger partial charge on any atom is 0 e. The first-order chi connectivity index (χ1) is 0. The Morgan fingerprint density at radius 2 is 0.500 bits per heavy atom. The van der Waals surface area contributed by atoms with Gasteiger partial charge in [-0.15, -0.1) is 0 Å². The van der Waals surface area contributed by atoms with Crippen molar-refractivity contribution >= 4 is 27.3 Å². The number of hydrogen-bond acceptors (Lipinski definition) is 0. The number of rotatable bonds is 0. The smallest absolute Gasteiger partial charge is 0 e. The molecular weight excluding hydrogens is 556 g/mol. The van der Waals surface area contributed by atoms with Crippen LogP contribution in [0, 0.1) is 80.8 Å². The van der Waals surface area contributed by atoms with Gasteiger partial charge in [0, 0.05) is 80.8 Å². The maximum absolute atomic E-state index is 0. The fourth-order valence-electron chi connectivity index (χ4n) is 0. The molecule has 0 aliphatic carbocycles. The molecule has 6 N–H and O–H groups in total. The molecule has 0 atom stereocenters. The van der Waals surface area contributed by atoms with Gasteiger partial charge in [0.05, 0.1) is 0 Å². The van der Waals surface area contributed by atoms with Crippen LogP contribution < -0.4 is 0 Å². The molecule has 3 nitrogen and oxygen atoms in total. The van der Waals surface area contributed by atoms with Gasteiger partial charge in [-0.3, -0.25) is 0 Å². The van der Waals surface area contributed by atoms with E-state index in [9.17, 15) is 0 Å². The molecule has 6 heavy (non-hydrogen) atoms. The molecule has 0 heterocycles. The van der Waals surface area contributed by atoms with E-state index in [1.54, 1.807) is 0 Å². The molecule has 0 spiro atoms. The monoisotopic (exact) mass is 568 g/mol. The second-order valence-electron chi connectivity index (χ2n) is 0. The third kappa shape index (κ3) is 25.9. The van der Waals surface area contributed by atoms with Gasteiger partial charge in [0.2, 0.25) is 0 Å². The van der Waals surface area contributed by atoms with E-state index < -0.39 is 0 Å². The molecule has 0 unspecified atom stereocenters. The summed E-state index contributed by atoms with van der Waals surface area (Å²) in [7, 11) is 0. The van der Waals surface area contributed by atoms with Gasteiger partial charge in [-0.2, -0.15) is 0 Å². The van der Waals surface area contributed by atoms with E-state index in [1.165, 1.54) is 0 Å². The van der Waals surface area contributed by atoms with Gasteiger partial charge < -0.3 is 16.4 Å². The van der Waals surface area contributed by atoms with Crippen LogP contribution in [-0.4, -0.2) is 43.7 Å². The zero-order chi connectivity index (χ0) is 0. The summed E-state index contributed by atoms with van der Waals surface area (Å²) in [4.78, 5) is 0. The standard InChI is InChI=1S/3H2O.Pb.2Sm.2H/h3*1H2;;;;;. The summed E-state index contributed by atoms with van der Waals surface area (Å²) in [6.45, 7) is 0. The minimum atomic E-state index is 0. The molecule has 0 aliphatic rings. The van der Waals surface area contributed by atoms with Crippen molar-refractivity contribution in [3.63, 3.8) is 0 Å². The fourth-order valence-corrected chi connectivity index (χ4v) is 0. The second-order valence-corrected chi connectivity index (χ2v) is 0. The average Bonchev–Trinajstić information content (AvgIpc) is 0. The summed E-state index contributed by atoms with van der Waals surface area (Å²) < 4.78 is 0. The van der Waals surface area contributed by atoms with Crippen molar-refractivity contribution in [1.82, 2.24) is 0 Å². The molecule has 0 aromatic rings. The van der Waals surface area contributed by atoms with Crippen LogP contribution in [0.2, 0.25) is 0 Å². The Morgan fingerprint density at radius 3 is 0.500 bits per heavy atom. The van der Waals surface area contributed by atoms with E-state index in [2.05, 4.69) is 0 Å². The molecule has 6 heteroatoms. The summed E-state index contributed by atoms with van der Waals surface area (Å²) in [5.74, 6) is 0. The SMILES string of the molecule is O.O.O.[PbH2].[Sm].[Sm]. The first-order valence-corrected chi connectivity index (χ1v) is 0. The molecule has 0 aromatic heterocycles. The summed E-state index contributed by atoms with van der Waals surface area (Å²) in [6.07, 6.45) is 0. The van der Waals surface area contributed by atoms with Crippen LogP contribution >= 0.6 is 0 Å². The van der Waals surface area contributed by atoms with Crippen molar-refractivity contribution in [2.45, 2.75) is 0 Å². The van der Waals surface area contributed by atoms with Crippen LogP contribution in [0.4, 0.5) is 0 Å². The van der Waals surface area contributed by atoms with Gasteiger partial charge in [0.15, 0.2) is 0 Å². The van der Waals surface area contributed by atoms with Gasteiger partial charge >= 0.3 is 27.3 Å². The topological polar surface area (TPSA) is 94.5 Å². The van der Waals surface area contributed by atoms with Gasteiger partial charge in [-0.1, -0.05) is 0 Å². The Labute approximate surface area is 121 Å². The maximum atomic E-state index is 0. The van der Waals surface area contributed by atoms with E-state index in [0.29, 0.717) is 0 Å². The van der Waals surface area contributed by atoms with Gasteiger partial charge in [0.25, 0.3) is 0 Å². The molecule has 0 saturated carbocycles. The van der Waals surface area contributed by atoms with Crippen molar-refractivity contribution in [1.29, 1.82) is 0 Å². The molecule has 0 rings (SSSR count). The molecular formula is H8O3PbSm2. The van der Waals surface area contributed by atoms with E-state index >= 15 is 0 Å². The molecule has 0 aliphatic heterocycles. The van der Waals surface area contributed by atoms with Crippen LogP contribution in [0.15, 0.2) is 0 Å². The zero-order valence-electron chi connectivity index (χ0n) is 3.02. The molecule has 0 amide bonds. The predicted molar refractivity (Wildman–Crippen MR) is 19.4 cm³/mol. The molecule has 0 bridgehead atoms. The zero-order valence-corrected chi connectivity index (χ0v) is 13.8. The summed E-state index contributed by atoms with van der Waals surface area (Å²) in [6, 6.07) is 0. The van der Waals surface area contributed by atoms with Gasteiger partial charge in [-0.05, 0) is 0 Å². The molecule has 0 aromatic carbocycles. The quantitative estimate of drug-likeness (QED) is 0.275. The summed E-state index contributed by atoms with van der Waals surface area (Å²) >= 11 is 0. The van der Waals surface area contributed by atoms with Crippen molar-refractivity contribution in [3.05, 3.63) is 0 Å². The molecule has 42 valence electrons. The van der Waals surface area contributed by atoms with Crippen molar-refractivity contribution in [2.75, 3.05) is 0 Å². The predicted octanol–water partition coefficient (Wildman–Crippen LogP) is -3.39. The van der Waals surface area contributed by atoms with Crippen LogP contribution in [0.3, 0.4) is 0 Å². The van der Waals surface area contributed by atoms with Gasteiger partial charge in [0.1, 0.15) is 0 Å². The Morgan fingerprint density at radius 1 is 0.500 bits per heavy atom. The fraction of sp³-hybridized carbons (Fsp3) is 0. The van der Waals surface area contributed by atoms with E-state index in [1.807, 2.05) is 0 Å². The minimum absolute atomic E-state index is 0. The summed E-state index contributed by atoms with van der Waals surface area (Å²) in [5, 5.41) is 0. The van der Waals surface area contributed by atoms with E-state index in [0.717, 1.165) is 0 Å². The van der Waals surface area contributed by atoms with E-state index in [4.69, 9.17) is 0 Å². The normalized spacial score (nSPS) is 0. The largest absolute Gasteiger partial charge is 0 e. The van der Waals surface area contributed by atoms with E-state index in [-0.39, 0.29) is 125 Å². The first kappa shape index (κ1) is 56.3. The minimum Gasteiger partial charge on any atom is 0 e. The van der Waals surface area contributed by atoms with Gasteiger partial charge in [-0.25, -0.2) is 0 Å². The van der Waals surface area contributed by atoms with Crippen LogP contribution in [0.25, 0.3) is 0 Å². The van der Waals surface area contributed by atoms with Crippen LogP contribution in [0.5, 0.6) is 0 Å². The molecule has 0 fully saturated rings. The summed E-state index contributed by atoms with van der Waals surface area (Å²) in [5.41, 5.74) is 0. The Bertz CT molecular complexity index is 8.75. The first-order valence-electron chi connectivity index (χ1n) is 0. The van der Waals surface area contributed by atoms with Crippen molar-refractivity contribution in [2.24, 2.45) is 0 Å². The van der Waals surface area contributed by atoms with Crippen LogP contribution in [-0.2, 0) is 0 Å². The number of hydrogen-bond donors (Lipinski definition) is 0. The Balaban J connectivity index is 0. The Hall–Kier alpha value is 3.48. The molecule has 0 saturated heterocycles. The molecule has 2 radical (unpaired) electrons. The van der Waals surface area contributed by atoms with Crippen molar-refractivity contribution in [3.8, 4) is 0 Å². The van der Waals surface area contributed by atoms with Crippen LogP contribution in [0.1, 0.15) is 0 Å². The third-order valence-corrected chi connectivity index (χ3v) is 0. The Kier molecular flexibility index (Phi) is 368.